The Morgan fingerprint density at radius 1 is 1.57 bits per heavy atom. The first-order valence-electron chi connectivity index (χ1n) is 4.48. The summed E-state index contributed by atoms with van der Waals surface area (Å²) in [6, 6.07) is 7.72. The van der Waals surface area contributed by atoms with E-state index in [9.17, 15) is 0 Å². The number of nitrogens with zero attached hydrogens (tertiary/aromatic N) is 1. The largest absolute Gasteiger partial charge is 0.496 e. The maximum atomic E-state index is 8.79. The quantitative estimate of drug-likeness (QED) is 0.758. The van der Waals surface area contributed by atoms with Gasteiger partial charge >= 0.3 is 0 Å². The van der Waals surface area contributed by atoms with Crippen LogP contribution in [0, 0.1) is 11.3 Å². The Bertz CT molecular complexity index is 397. The lowest BCUT2D eigenvalue weighted by Gasteiger charge is -2.07. The first-order valence-corrected chi connectivity index (χ1v) is 5.40. The lowest BCUT2D eigenvalue weighted by atomic mass is 10.1. The smallest absolute Gasteiger partial charge is 0.122 e. The van der Waals surface area contributed by atoms with Crippen molar-refractivity contribution in [3.05, 3.63) is 29.3 Å². The number of methoxy groups -OCH3 is 1. The van der Waals surface area contributed by atoms with Crippen LogP contribution in [0.3, 0.4) is 0 Å². The molecule has 0 bridgehead atoms. The summed E-state index contributed by atoms with van der Waals surface area (Å²) in [4.78, 5) is 0.547. The predicted molar refractivity (Wildman–Crippen MR) is 57.8 cm³/mol. The van der Waals surface area contributed by atoms with Crippen LogP contribution >= 0.6 is 15.9 Å². The first kappa shape index (κ1) is 9.54. The highest BCUT2D eigenvalue weighted by Gasteiger charge is 2.38. The summed E-state index contributed by atoms with van der Waals surface area (Å²) in [6.07, 6.45) is 1.13. The monoisotopic (exact) mass is 251 g/mol. The summed E-state index contributed by atoms with van der Waals surface area (Å²) in [6.45, 7) is 0. The zero-order valence-electron chi connectivity index (χ0n) is 7.83. The highest BCUT2D eigenvalue weighted by Crippen LogP contribution is 2.49. The molecule has 0 aliphatic heterocycles. The molecule has 2 atom stereocenters. The van der Waals surface area contributed by atoms with E-state index in [0.29, 0.717) is 16.3 Å². The van der Waals surface area contributed by atoms with Gasteiger partial charge in [-0.05, 0) is 30.2 Å². The van der Waals surface area contributed by atoms with Crippen molar-refractivity contribution in [3.8, 4) is 11.8 Å². The van der Waals surface area contributed by atoms with Crippen LogP contribution in [-0.2, 0) is 0 Å². The van der Waals surface area contributed by atoms with E-state index in [4.69, 9.17) is 10.00 Å². The summed E-state index contributed by atoms with van der Waals surface area (Å²) in [5.41, 5.74) is 1.85. The zero-order valence-corrected chi connectivity index (χ0v) is 9.41. The van der Waals surface area contributed by atoms with E-state index in [0.717, 1.165) is 17.7 Å². The van der Waals surface area contributed by atoms with E-state index in [1.165, 1.54) is 0 Å². The Labute approximate surface area is 91.6 Å². The number of alkyl halides is 1. The highest BCUT2D eigenvalue weighted by molar-refractivity contribution is 9.09. The molecule has 2 unspecified atom stereocenters. The fourth-order valence-electron chi connectivity index (χ4n) is 1.58. The molecule has 1 aliphatic rings. The van der Waals surface area contributed by atoms with Crippen molar-refractivity contribution in [2.45, 2.75) is 17.2 Å². The minimum atomic E-state index is 0.512. The molecule has 0 amide bonds. The summed E-state index contributed by atoms with van der Waals surface area (Å²) < 4.78 is 5.26. The van der Waals surface area contributed by atoms with Crippen LogP contribution in [0.5, 0.6) is 5.75 Å². The van der Waals surface area contributed by atoms with Gasteiger partial charge in [-0.25, -0.2) is 0 Å². The van der Waals surface area contributed by atoms with E-state index in [1.54, 1.807) is 13.2 Å². The molecular formula is C11H10BrNO. The molecule has 14 heavy (non-hydrogen) atoms. The topological polar surface area (TPSA) is 33.0 Å². The fourth-order valence-corrected chi connectivity index (χ4v) is 2.27. The van der Waals surface area contributed by atoms with E-state index in [2.05, 4.69) is 22.0 Å². The molecule has 1 aromatic rings. The van der Waals surface area contributed by atoms with Crippen molar-refractivity contribution in [3.63, 3.8) is 0 Å². The van der Waals surface area contributed by atoms with Crippen molar-refractivity contribution in [2.75, 3.05) is 7.11 Å². The normalized spacial score (nSPS) is 24.1. The number of nitriles is 1. The van der Waals surface area contributed by atoms with Crippen molar-refractivity contribution in [1.82, 2.24) is 0 Å². The zero-order chi connectivity index (χ0) is 10.1. The molecule has 0 heterocycles. The molecule has 1 fully saturated rings. The maximum Gasteiger partial charge on any atom is 0.122 e. The molecule has 0 N–H and O–H groups in total. The Kier molecular flexibility index (Phi) is 2.47. The van der Waals surface area contributed by atoms with Crippen LogP contribution in [-0.4, -0.2) is 11.9 Å². The Hall–Kier alpha value is -1.01. The number of benzene rings is 1. The SMILES string of the molecule is COc1ccc(C#N)cc1C1CC1Br. The Morgan fingerprint density at radius 2 is 2.29 bits per heavy atom. The fraction of sp³-hybridized carbons (Fsp3) is 0.364. The third kappa shape index (κ3) is 1.62. The van der Waals surface area contributed by atoms with E-state index in [-0.39, 0.29) is 0 Å². The van der Waals surface area contributed by atoms with E-state index < -0.39 is 0 Å². The van der Waals surface area contributed by atoms with Crippen molar-refractivity contribution < 1.29 is 4.74 Å². The molecule has 0 spiro atoms. The van der Waals surface area contributed by atoms with Crippen LogP contribution in [0.25, 0.3) is 0 Å². The molecule has 2 rings (SSSR count). The number of ether oxygens (including phenoxy) is 1. The van der Waals surface area contributed by atoms with Crippen molar-refractivity contribution in [1.29, 1.82) is 5.26 Å². The molecular weight excluding hydrogens is 242 g/mol. The van der Waals surface area contributed by atoms with Gasteiger partial charge in [0.2, 0.25) is 0 Å². The second-order valence-electron chi connectivity index (χ2n) is 3.43. The highest BCUT2D eigenvalue weighted by atomic mass is 79.9. The van der Waals surface area contributed by atoms with Gasteiger partial charge < -0.3 is 4.74 Å². The van der Waals surface area contributed by atoms with Gasteiger partial charge in [0, 0.05) is 10.7 Å². The van der Waals surface area contributed by atoms with Crippen molar-refractivity contribution in [2.24, 2.45) is 0 Å². The molecule has 0 saturated heterocycles. The van der Waals surface area contributed by atoms with Crippen LogP contribution in [0.15, 0.2) is 18.2 Å². The lowest BCUT2D eigenvalue weighted by molar-refractivity contribution is 0.410. The minimum Gasteiger partial charge on any atom is -0.496 e. The minimum absolute atomic E-state index is 0.512. The molecule has 72 valence electrons. The number of rotatable bonds is 2. The van der Waals surface area contributed by atoms with Gasteiger partial charge in [-0.3, -0.25) is 0 Å². The lowest BCUT2D eigenvalue weighted by Crippen LogP contribution is -1.92. The molecule has 1 saturated carbocycles. The van der Waals surface area contributed by atoms with Gasteiger partial charge in [0.05, 0.1) is 18.7 Å². The van der Waals surface area contributed by atoms with Gasteiger partial charge in [-0.1, -0.05) is 15.9 Å². The van der Waals surface area contributed by atoms with Gasteiger partial charge in [0.1, 0.15) is 5.75 Å². The predicted octanol–water partition coefficient (Wildman–Crippen LogP) is 2.82. The summed E-state index contributed by atoms with van der Waals surface area (Å²) in [5, 5.41) is 8.79. The van der Waals surface area contributed by atoms with E-state index >= 15 is 0 Å². The summed E-state index contributed by atoms with van der Waals surface area (Å²) in [7, 11) is 1.66. The van der Waals surface area contributed by atoms with Crippen molar-refractivity contribution >= 4 is 15.9 Å². The van der Waals surface area contributed by atoms with Gasteiger partial charge in [0.25, 0.3) is 0 Å². The second-order valence-corrected chi connectivity index (χ2v) is 4.60. The summed E-state index contributed by atoms with van der Waals surface area (Å²) in [5.74, 6) is 1.40. The molecule has 0 aromatic heterocycles. The standard InChI is InChI=1S/C11H10BrNO/c1-14-11-3-2-7(6-13)4-9(11)8-5-10(8)12/h2-4,8,10H,5H2,1H3. The third-order valence-corrected chi connectivity index (χ3v) is 3.48. The van der Waals surface area contributed by atoms with Gasteiger partial charge in [-0.2, -0.15) is 5.26 Å². The number of hydrogen-bond donors (Lipinski definition) is 0. The average molecular weight is 252 g/mol. The van der Waals surface area contributed by atoms with Gasteiger partial charge in [0.15, 0.2) is 0 Å². The van der Waals surface area contributed by atoms with Crippen LogP contribution in [0.2, 0.25) is 0 Å². The average Bonchev–Trinajstić information content (AvgIpc) is 2.94. The Balaban J connectivity index is 2.39. The molecule has 0 radical (unpaired) electrons. The third-order valence-electron chi connectivity index (χ3n) is 2.47. The molecule has 1 aliphatic carbocycles. The first-order chi connectivity index (χ1) is 6.76. The molecule has 1 aromatic carbocycles. The van der Waals surface area contributed by atoms with Gasteiger partial charge in [-0.15, -0.1) is 0 Å². The maximum absolute atomic E-state index is 8.79. The molecule has 2 nitrogen and oxygen atoms in total. The second kappa shape index (κ2) is 3.62. The number of hydrogen-bond acceptors (Lipinski definition) is 2. The van der Waals surface area contributed by atoms with E-state index in [1.807, 2.05) is 12.1 Å². The molecule has 3 heteroatoms. The van der Waals surface area contributed by atoms with Crippen LogP contribution in [0.1, 0.15) is 23.5 Å². The number of halogens is 1. The van der Waals surface area contributed by atoms with Crippen LogP contribution in [0.4, 0.5) is 0 Å². The Morgan fingerprint density at radius 3 is 2.79 bits per heavy atom. The summed E-state index contributed by atoms with van der Waals surface area (Å²) >= 11 is 3.56. The van der Waals surface area contributed by atoms with Crippen LogP contribution < -0.4 is 4.74 Å².